The molecule has 0 aromatic rings. The molecule has 0 aromatic carbocycles. The average Bonchev–Trinajstić information content (AvgIpc) is 2.95. The minimum Gasteiger partial charge on any atom is -0.480 e. The molecule has 1 atom stereocenters. The summed E-state index contributed by atoms with van der Waals surface area (Å²) in [5.41, 5.74) is 0. The average molecular weight is 580 g/mol. The Bertz CT molecular complexity index is 648. The first-order valence-electron chi connectivity index (χ1n) is 17.3. The van der Waals surface area contributed by atoms with E-state index in [2.05, 4.69) is 31.3 Å². The summed E-state index contributed by atoms with van der Waals surface area (Å²) in [6.45, 7) is 4.13. The number of unbranched alkanes of at least 4 members (excludes halogenated alkanes) is 18. The summed E-state index contributed by atoms with van der Waals surface area (Å²) in [6, 6.07) is 0. The molecule has 0 aromatic heterocycles. The maximum atomic E-state index is 12.5. The number of ether oxygens (including phenoxy) is 1. The Morgan fingerprint density at radius 3 is 1.59 bits per heavy atom. The predicted molar refractivity (Wildman–Crippen MR) is 171 cm³/mol. The molecule has 0 spiro atoms. The van der Waals surface area contributed by atoms with Crippen LogP contribution >= 0.6 is 0 Å². The zero-order valence-corrected chi connectivity index (χ0v) is 26.9. The Morgan fingerprint density at radius 2 is 1.05 bits per heavy atom. The lowest BCUT2D eigenvalue weighted by atomic mass is 10.0. The monoisotopic (exact) mass is 579 g/mol. The van der Waals surface area contributed by atoms with Crippen LogP contribution in [0.25, 0.3) is 0 Å². The first kappa shape index (κ1) is 39.1. The smallest absolute Gasteiger partial charge is 0.322 e. The molecule has 6 heteroatoms. The normalized spacial score (nSPS) is 12.0. The van der Waals surface area contributed by atoms with Gasteiger partial charge in [-0.25, -0.2) is 0 Å². The first-order chi connectivity index (χ1) is 20.0. The largest absolute Gasteiger partial charge is 0.480 e. The number of carbonyl (C=O) groups is 3. The van der Waals surface area contributed by atoms with Crippen LogP contribution in [0.2, 0.25) is 0 Å². The molecule has 0 aliphatic carbocycles. The number of amides is 1. The van der Waals surface area contributed by atoms with E-state index in [4.69, 9.17) is 9.84 Å². The van der Waals surface area contributed by atoms with Gasteiger partial charge in [0, 0.05) is 12.8 Å². The predicted octanol–water partition coefficient (Wildman–Crippen LogP) is 9.84. The van der Waals surface area contributed by atoms with Crippen molar-refractivity contribution in [3.8, 4) is 0 Å². The SMILES string of the molecule is CCCCCCCC/C=C\CCCCCCCCCC(=O)OC(CCCCCC)CCCCCC(=O)NCC(=O)O. The number of aliphatic carboxylic acids is 1. The molecule has 0 heterocycles. The number of esters is 1. The number of rotatable bonds is 31. The molecule has 41 heavy (non-hydrogen) atoms. The van der Waals surface area contributed by atoms with E-state index in [1.165, 1.54) is 103 Å². The van der Waals surface area contributed by atoms with Crippen LogP contribution in [0.5, 0.6) is 0 Å². The molecule has 240 valence electrons. The van der Waals surface area contributed by atoms with Crippen molar-refractivity contribution in [3.63, 3.8) is 0 Å². The quantitative estimate of drug-likeness (QED) is 0.0484. The molecule has 0 aliphatic rings. The van der Waals surface area contributed by atoms with Crippen LogP contribution in [0.15, 0.2) is 12.2 Å². The van der Waals surface area contributed by atoms with Crippen molar-refractivity contribution < 1.29 is 24.2 Å². The van der Waals surface area contributed by atoms with Gasteiger partial charge >= 0.3 is 11.9 Å². The molecule has 2 N–H and O–H groups in total. The summed E-state index contributed by atoms with van der Waals surface area (Å²) >= 11 is 0. The highest BCUT2D eigenvalue weighted by Crippen LogP contribution is 2.17. The highest BCUT2D eigenvalue weighted by Gasteiger charge is 2.14. The molecule has 0 saturated heterocycles. The van der Waals surface area contributed by atoms with Crippen LogP contribution in [0.1, 0.15) is 181 Å². The highest BCUT2D eigenvalue weighted by atomic mass is 16.5. The first-order valence-corrected chi connectivity index (χ1v) is 17.3. The zero-order valence-electron chi connectivity index (χ0n) is 26.9. The third-order valence-electron chi connectivity index (χ3n) is 7.69. The molecular weight excluding hydrogens is 514 g/mol. The van der Waals surface area contributed by atoms with Gasteiger partial charge in [-0.2, -0.15) is 0 Å². The van der Waals surface area contributed by atoms with Crippen molar-refractivity contribution in [2.24, 2.45) is 0 Å². The molecule has 0 bridgehead atoms. The molecule has 1 unspecified atom stereocenters. The lowest BCUT2D eigenvalue weighted by Gasteiger charge is -2.18. The van der Waals surface area contributed by atoms with Crippen LogP contribution in [-0.4, -0.2) is 35.6 Å². The zero-order chi connectivity index (χ0) is 30.2. The van der Waals surface area contributed by atoms with Gasteiger partial charge in [-0.3, -0.25) is 14.4 Å². The Hall–Kier alpha value is -1.85. The van der Waals surface area contributed by atoms with Crippen molar-refractivity contribution in [2.75, 3.05) is 6.54 Å². The van der Waals surface area contributed by atoms with Crippen molar-refractivity contribution in [3.05, 3.63) is 12.2 Å². The second-order valence-corrected chi connectivity index (χ2v) is 11.8. The van der Waals surface area contributed by atoms with Gasteiger partial charge < -0.3 is 15.2 Å². The standard InChI is InChI=1S/C35H65NO5/c1-3-5-7-9-10-11-12-13-14-15-16-17-18-19-20-21-26-30-35(40)41-32(27-23-8-6-4-2)28-24-22-25-29-33(37)36-31-34(38)39/h13-14,32H,3-12,15-31H2,1-2H3,(H,36,37)(H,38,39)/b14-13-. The Balaban J connectivity index is 3.85. The van der Waals surface area contributed by atoms with Crippen molar-refractivity contribution in [2.45, 2.75) is 187 Å². The summed E-state index contributed by atoms with van der Waals surface area (Å²) in [5, 5.41) is 11.0. The van der Waals surface area contributed by atoms with Crippen LogP contribution < -0.4 is 5.32 Å². The minimum absolute atomic E-state index is 0.0277. The van der Waals surface area contributed by atoms with Crippen molar-refractivity contribution in [1.29, 1.82) is 0 Å². The molecule has 0 radical (unpaired) electrons. The number of hydrogen-bond donors (Lipinski definition) is 2. The van der Waals surface area contributed by atoms with E-state index in [1.54, 1.807) is 0 Å². The summed E-state index contributed by atoms with van der Waals surface area (Å²) in [4.78, 5) is 34.6. The maximum Gasteiger partial charge on any atom is 0.322 e. The number of carbonyl (C=O) groups excluding carboxylic acids is 2. The topological polar surface area (TPSA) is 92.7 Å². The van der Waals surface area contributed by atoms with Crippen LogP contribution in [-0.2, 0) is 19.1 Å². The van der Waals surface area contributed by atoms with Gasteiger partial charge in [-0.1, -0.05) is 116 Å². The fraction of sp³-hybridized carbons (Fsp3) is 0.857. The van der Waals surface area contributed by atoms with Gasteiger partial charge in [-0.05, 0) is 64.2 Å². The van der Waals surface area contributed by atoms with E-state index in [-0.39, 0.29) is 24.5 Å². The van der Waals surface area contributed by atoms with Gasteiger partial charge in [0.2, 0.25) is 5.91 Å². The molecule has 0 saturated carbocycles. The Kier molecular flexibility index (Phi) is 29.7. The second-order valence-electron chi connectivity index (χ2n) is 11.8. The summed E-state index contributed by atoms with van der Waals surface area (Å²) < 4.78 is 5.86. The van der Waals surface area contributed by atoms with Gasteiger partial charge in [0.25, 0.3) is 0 Å². The van der Waals surface area contributed by atoms with Gasteiger partial charge in [0.05, 0.1) is 0 Å². The fourth-order valence-corrected chi connectivity index (χ4v) is 5.10. The van der Waals surface area contributed by atoms with Crippen LogP contribution in [0.3, 0.4) is 0 Å². The third kappa shape index (κ3) is 30.9. The molecule has 0 fully saturated rings. The van der Waals surface area contributed by atoms with E-state index in [1.807, 2.05) is 0 Å². The molecule has 0 aliphatic heterocycles. The van der Waals surface area contributed by atoms with Crippen LogP contribution in [0, 0.1) is 0 Å². The van der Waals surface area contributed by atoms with E-state index in [0.717, 1.165) is 51.4 Å². The van der Waals surface area contributed by atoms with E-state index in [0.29, 0.717) is 12.8 Å². The third-order valence-corrected chi connectivity index (χ3v) is 7.69. The highest BCUT2D eigenvalue weighted by molar-refractivity contribution is 5.80. The number of carboxylic acid groups (broad SMARTS) is 1. The number of hydrogen-bond acceptors (Lipinski definition) is 4. The number of carboxylic acids is 1. The van der Waals surface area contributed by atoms with E-state index >= 15 is 0 Å². The van der Waals surface area contributed by atoms with Gasteiger partial charge in [-0.15, -0.1) is 0 Å². The summed E-state index contributed by atoms with van der Waals surface area (Å²) in [6.07, 6.45) is 33.5. The fourth-order valence-electron chi connectivity index (χ4n) is 5.10. The summed E-state index contributed by atoms with van der Waals surface area (Å²) in [7, 11) is 0. The van der Waals surface area contributed by atoms with E-state index in [9.17, 15) is 14.4 Å². The molecule has 0 rings (SSSR count). The minimum atomic E-state index is -1.03. The number of nitrogens with one attached hydrogen (secondary N) is 1. The van der Waals surface area contributed by atoms with Gasteiger partial charge in [0.1, 0.15) is 12.6 Å². The van der Waals surface area contributed by atoms with E-state index < -0.39 is 5.97 Å². The molecule has 1 amide bonds. The lowest BCUT2D eigenvalue weighted by Crippen LogP contribution is -2.28. The van der Waals surface area contributed by atoms with Crippen molar-refractivity contribution in [1.82, 2.24) is 5.32 Å². The molecule has 6 nitrogen and oxygen atoms in total. The van der Waals surface area contributed by atoms with Crippen molar-refractivity contribution >= 4 is 17.8 Å². The number of allylic oxidation sites excluding steroid dienone is 2. The maximum absolute atomic E-state index is 12.5. The summed E-state index contributed by atoms with van der Waals surface area (Å²) in [5.74, 6) is -1.31. The Labute approximate surface area is 252 Å². The second kappa shape index (κ2) is 31.1. The Morgan fingerprint density at radius 1 is 0.610 bits per heavy atom. The van der Waals surface area contributed by atoms with Crippen LogP contribution in [0.4, 0.5) is 0 Å². The molecular formula is C35H65NO5. The lowest BCUT2D eigenvalue weighted by molar-refractivity contribution is -0.150. The van der Waals surface area contributed by atoms with Gasteiger partial charge in [0.15, 0.2) is 0 Å².